The molecule has 8 heteroatoms. The predicted octanol–water partition coefficient (Wildman–Crippen LogP) is 1.33. The Balaban J connectivity index is 1.57. The van der Waals surface area contributed by atoms with E-state index in [2.05, 4.69) is 20.4 Å². The number of amides is 2. The van der Waals surface area contributed by atoms with E-state index in [9.17, 15) is 9.59 Å². The Morgan fingerprint density at radius 1 is 1.08 bits per heavy atom. The van der Waals surface area contributed by atoms with Gasteiger partial charge in [-0.3, -0.25) is 19.9 Å². The first-order chi connectivity index (χ1) is 11.7. The van der Waals surface area contributed by atoms with Crippen molar-refractivity contribution >= 4 is 17.8 Å². The molecular weight excluding hydrogens is 308 g/mol. The highest BCUT2D eigenvalue weighted by atomic mass is 16.2. The van der Waals surface area contributed by atoms with Gasteiger partial charge in [0.1, 0.15) is 12.9 Å². The first kappa shape index (κ1) is 16.1. The van der Waals surface area contributed by atoms with Crippen molar-refractivity contribution in [3.05, 3.63) is 36.4 Å². The van der Waals surface area contributed by atoms with E-state index in [0.29, 0.717) is 5.56 Å². The summed E-state index contributed by atoms with van der Waals surface area (Å²) in [7, 11) is 0. The van der Waals surface area contributed by atoms with Gasteiger partial charge in [-0.1, -0.05) is 12.8 Å². The van der Waals surface area contributed by atoms with Gasteiger partial charge in [0.2, 0.25) is 11.9 Å². The van der Waals surface area contributed by atoms with Gasteiger partial charge in [-0.2, -0.15) is 0 Å². The van der Waals surface area contributed by atoms with Crippen molar-refractivity contribution in [1.29, 1.82) is 0 Å². The summed E-state index contributed by atoms with van der Waals surface area (Å²) in [5.74, 6) is -0.0942. The van der Waals surface area contributed by atoms with Crippen molar-refractivity contribution in [2.75, 3.05) is 18.4 Å². The molecule has 1 aliphatic heterocycles. The van der Waals surface area contributed by atoms with Gasteiger partial charge in [-0.15, -0.1) is 5.10 Å². The highest BCUT2D eigenvalue weighted by Gasteiger charge is 2.17. The molecule has 1 fully saturated rings. The number of nitrogens with zero attached hydrogens (tertiary/aromatic N) is 5. The number of nitrogens with one attached hydrogen (secondary N) is 1. The van der Waals surface area contributed by atoms with Crippen LogP contribution in [0.25, 0.3) is 0 Å². The Labute approximate surface area is 139 Å². The third-order valence-electron chi connectivity index (χ3n) is 3.96. The minimum atomic E-state index is -0.311. The van der Waals surface area contributed by atoms with Crippen LogP contribution in [0.1, 0.15) is 36.0 Å². The summed E-state index contributed by atoms with van der Waals surface area (Å²) >= 11 is 0. The molecule has 2 amide bonds. The molecule has 0 spiro atoms. The molecule has 0 atom stereocenters. The molecule has 0 aromatic carbocycles. The lowest BCUT2D eigenvalue weighted by atomic mass is 10.2. The van der Waals surface area contributed by atoms with Crippen LogP contribution in [0.3, 0.4) is 0 Å². The third kappa shape index (κ3) is 4.15. The van der Waals surface area contributed by atoms with E-state index in [0.717, 1.165) is 25.9 Å². The van der Waals surface area contributed by atoms with Crippen LogP contribution < -0.4 is 5.32 Å². The molecule has 1 aliphatic rings. The summed E-state index contributed by atoms with van der Waals surface area (Å²) in [6, 6.07) is 3.21. The fraction of sp³-hybridized carbons (Fsp3) is 0.438. The van der Waals surface area contributed by atoms with E-state index in [1.165, 1.54) is 23.9 Å². The van der Waals surface area contributed by atoms with Crippen LogP contribution in [-0.4, -0.2) is 49.6 Å². The summed E-state index contributed by atoms with van der Waals surface area (Å²) < 4.78 is 1.45. The maximum atomic E-state index is 12.3. The summed E-state index contributed by atoms with van der Waals surface area (Å²) in [5.41, 5.74) is 0.474. The van der Waals surface area contributed by atoms with Gasteiger partial charge in [-0.05, 0) is 25.0 Å². The van der Waals surface area contributed by atoms with Gasteiger partial charge in [-0.25, -0.2) is 9.67 Å². The van der Waals surface area contributed by atoms with E-state index in [1.807, 2.05) is 4.90 Å². The number of aromatic nitrogens is 4. The number of likely N-dealkylation sites (tertiary alicyclic amines) is 1. The highest BCUT2D eigenvalue weighted by Crippen LogP contribution is 2.10. The van der Waals surface area contributed by atoms with Crippen molar-refractivity contribution in [2.45, 2.75) is 32.2 Å². The van der Waals surface area contributed by atoms with Gasteiger partial charge >= 0.3 is 0 Å². The molecule has 24 heavy (non-hydrogen) atoms. The van der Waals surface area contributed by atoms with E-state index >= 15 is 0 Å². The lowest BCUT2D eigenvalue weighted by molar-refractivity contribution is -0.132. The number of hydrogen-bond donors (Lipinski definition) is 1. The largest absolute Gasteiger partial charge is 0.341 e. The van der Waals surface area contributed by atoms with Crippen molar-refractivity contribution < 1.29 is 9.59 Å². The predicted molar refractivity (Wildman–Crippen MR) is 87.3 cm³/mol. The zero-order valence-corrected chi connectivity index (χ0v) is 13.4. The molecule has 0 unspecified atom stereocenters. The fourth-order valence-corrected chi connectivity index (χ4v) is 2.66. The van der Waals surface area contributed by atoms with Crippen LogP contribution in [-0.2, 0) is 11.3 Å². The first-order valence-corrected chi connectivity index (χ1v) is 8.11. The van der Waals surface area contributed by atoms with Crippen molar-refractivity contribution in [3.63, 3.8) is 0 Å². The Morgan fingerprint density at radius 3 is 2.50 bits per heavy atom. The van der Waals surface area contributed by atoms with Gasteiger partial charge in [0.25, 0.3) is 5.91 Å². The number of carbonyl (C=O) groups is 2. The average molecular weight is 328 g/mol. The number of rotatable bonds is 4. The number of pyridine rings is 1. The number of carbonyl (C=O) groups excluding carboxylic acids is 2. The lowest BCUT2D eigenvalue weighted by Crippen LogP contribution is -2.34. The quantitative estimate of drug-likeness (QED) is 0.914. The fourth-order valence-electron chi connectivity index (χ4n) is 2.66. The summed E-state index contributed by atoms with van der Waals surface area (Å²) in [4.78, 5) is 34.1. The second-order valence-electron chi connectivity index (χ2n) is 5.75. The second-order valence-corrected chi connectivity index (χ2v) is 5.75. The van der Waals surface area contributed by atoms with Gasteiger partial charge in [0, 0.05) is 31.0 Å². The summed E-state index contributed by atoms with van der Waals surface area (Å²) in [6.07, 6.45) is 9.00. The van der Waals surface area contributed by atoms with Gasteiger partial charge < -0.3 is 4.90 Å². The normalized spacial score (nSPS) is 14.9. The minimum Gasteiger partial charge on any atom is -0.341 e. The Morgan fingerprint density at radius 2 is 1.79 bits per heavy atom. The van der Waals surface area contributed by atoms with Crippen molar-refractivity contribution in [1.82, 2.24) is 24.6 Å². The molecule has 3 heterocycles. The van der Waals surface area contributed by atoms with Crippen molar-refractivity contribution in [2.24, 2.45) is 0 Å². The molecular formula is C16H20N6O2. The van der Waals surface area contributed by atoms with Crippen molar-refractivity contribution in [3.8, 4) is 0 Å². The third-order valence-corrected chi connectivity index (χ3v) is 3.96. The molecule has 0 radical (unpaired) electrons. The molecule has 0 bridgehead atoms. The van der Waals surface area contributed by atoms with Gasteiger partial charge in [0.05, 0.1) is 0 Å². The molecule has 8 nitrogen and oxygen atoms in total. The number of anilines is 1. The zero-order valence-electron chi connectivity index (χ0n) is 13.4. The monoisotopic (exact) mass is 328 g/mol. The molecule has 2 aromatic heterocycles. The van der Waals surface area contributed by atoms with E-state index in [4.69, 9.17) is 0 Å². The molecule has 2 aromatic rings. The van der Waals surface area contributed by atoms with Gasteiger partial charge in [0.15, 0.2) is 0 Å². The topological polar surface area (TPSA) is 93.0 Å². The minimum absolute atomic E-state index is 0.0359. The molecule has 0 aliphatic carbocycles. The molecule has 1 saturated heterocycles. The van der Waals surface area contributed by atoms with E-state index in [1.54, 1.807) is 24.5 Å². The molecule has 0 saturated carbocycles. The highest BCUT2D eigenvalue weighted by molar-refractivity contribution is 6.03. The summed E-state index contributed by atoms with van der Waals surface area (Å²) in [6.45, 7) is 1.75. The Bertz CT molecular complexity index is 692. The van der Waals surface area contributed by atoms with Crippen LogP contribution in [0.2, 0.25) is 0 Å². The molecule has 3 rings (SSSR count). The second kappa shape index (κ2) is 7.67. The smallest absolute Gasteiger partial charge is 0.258 e. The van der Waals surface area contributed by atoms with E-state index < -0.39 is 0 Å². The first-order valence-electron chi connectivity index (χ1n) is 8.11. The SMILES string of the molecule is O=C(Nc1ncn(CC(=O)N2CCCCCC2)n1)c1ccncc1. The average Bonchev–Trinajstić information content (AvgIpc) is 2.86. The van der Waals surface area contributed by atoms with E-state index in [-0.39, 0.29) is 24.3 Å². The molecule has 126 valence electrons. The zero-order chi connectivity index (χ0) is 16.8. The maximum Gasteiger partial charge on any atom is 0.258 e. The Hall–Kier alpha value is -2.77. The van der Waals surface area contributed by atoms with Crippen LogP contribution in [0.4, 0.5) is 5.95 Å². The maximum absolute atomic E-state index is 12.3. The lowest BCUT2D eigenvalue weighted by Gasteiger charge is -2.19. The summed E-state index contributed by atoms with van der Waals surface area (Å²) in [5, 5.41) is 6.75. The van der Waals surface area contributed by atoms with Crippen LogP contribution in [0, 0.1) is 0 Å². The van der Waals surface area contributed by atoms with Crippen LogP contribution in [0.15, 0.2) is 30.9 Å². The number of hydrogen-bond acceptors (Lipinski definition) is 5. The Kier molecular flexibility index (Phi) is 5.15. The standard InChI is InChI=1S/C16H20N6O2/c23-14(21-9-3-1-2-4-10-21)11-22-12-18-16(20-22)19-15(24)13-5-7-17-8-6-13/h5-8,12H,1-4,9-11H2,(H,19,20,24). The van der Waals surface area contributed by atoms with Crippen LogP contribution in [0.5, 0.6) is 0 Å². The molecule has 1 N–H and O–H groups in total. The van der Waals surface area contributed by atoms with Crippen LogP contribution >= 0.6 is 0 Å².